The summed E-state index contributed by atoms with van der Waals surface area (Å²) in [5.41, 5.74) is 8.86. The summed E-state index contributed by atoms with van der Waals surface area (Å²) in [6, 6.07) is 15.6. The van der Waals surface area contributed by atoms with Crippen molar-refractivity contribution < 1.29 is 9.90 Å². The summed E-state index contributed by atoms with van der Waals surface area (Å²) in [5, 5.41) is 12.0. The van der Waals surface area contributed by atoms with Crippen LogP contribution in [0, 0.1) is 0 Å². The van der Waals surface area contributed by atoms with Gasteiger partial charge in [-0.05, 0) is 17.7 Å². The van der Waals surface area contributed by atoms with E-state index in [4.69, 9.17) is 5.73 Å². The van der Waals surface area contributed by atoms with Crippen LogP contribution in [0.4, 0.5) is 5.82 Å². The molecule has 3 N–H and O–H groups in total. The minimum absolute atomic E-state index is 0. The van der Waals surface area contributed by atoms with Gasteiger partial charge >= 0.3 is 5.97 Å². The number of halogens is 1. The van der Waals surface area contributed by atoms with E-state index in [1.165, 1.54) is 0 Å². The molecule has 2 heterocycles. The Hall–Kier alpha value is -3.31. The van der Waals surface area contributed by atoms with Gasteiger partial charge in [0.2, 0.25) is 0 Å². The summed E-state index contributed by atoms with van der Waals surface area (Å²) >= 11 is 0. The maximum absolute atomic E-state index is 11.6. The van der Waals surface area contributed by atoms with Crippen LogP contribution in [0.3, 0.4) is 0 Å². The standard InChI is InChI=1S/C21H17N3O2.ClH/c1-24-19-16(18(20(24)22)21(25)26)10-8-14-12-23-15(11-17(14)19)9-7-13-5-3-2-4-6-13;/h2-12H,22H2,1H3,(H,25,26);1H/b9-7+;. The van der Waals surface area contributed by atoms with E-state index < -0.39 is 5.97 Å². The second-order valence-electron chi connectivity index (χ2n) is 6.16. The van der Waals surface area contributed by atoms with Crippen molar-refractivity contribution in [2.45, 2.75) is 0 Å². The number of hydrogen-bond acceptors (Lipinski definition) is 3. The highest BCUT2D eigenvalue weighted by Gasteiger charge is 2.20. The number of benzene rings is 2. The molecule has 2 aromatic heterocycles. The molecular weight excluding hydrogens is 362 g/mol. The average Bonchev–Trinajstić information content (AvgIpc) is 2.92. The fourth-order valence-corrected chi connectivity index (χ4v) is 3.27. The van der Waals surface area contributed by atoms with Crippen LogP contribution in [0.25, 0.3) is 33.8 Å². The lowest BCUT2D eigenvalue weighted by molar-refractivity contribution is 0.0700. The van der Waals surface area contributed by atoms with E-state index in [1.54, 1.807) is 23.9 Å². The molecule has 0 fully saturated rings. The fraction of sp³-hybridized carbons (Fsp3) is 0.0476. The highest BCUT2D eigenvalue weighted by Crippen LogP contribution is 2.33. The van der Waals surface area contributed by atoms with Crippen LogP contribution in [0.1, 0.15) is 21.6 Å². The third-order valence-corrected chi connectivity index (χ3v) is 4.58. The van der Waals surface area contributed by atoms with E-state index in [1.807, 2.05) is 54.6 Å². The third kappa shape index (κ3) is 3.13. The number of rotatable bonds is 3. The van der Waals surface area contributed by atoms with E-state index in [2.05, 4.69) is 4.98 Å². The Kier molecular flexibility index (Phi) is 4.88. The highest BCUT2D eigenvalue weighted by atomic mass is 35.5. The molecule has 2 aromatic carbocycles. The molecule has 27 heavy (non-hydrogen) atoms. The number of fused-ring (bicyclic) bond motifs is 3. The van der Waals surface area contributed by atoms with E-state index >= 15 is 0 Å². The Morgan fingerprint density at radius 2 is 1.85 bits per heavy atom. The molecule has 0 bridgehead atoms. The number of nitrogen functional groups attached to an aromatic ring is 1. The molecule has 0 unspecified atom stereocenters. The zero-order valence-electron chi connectivity index (χ0n) is 14.6. The number of pyridine rings is 1. The van der Waals surface area contributed by atoms with Gasteiger partial charge in [-0.1, -0.05) is 48.5 Å². The molecule has 0 aliphatic rings. The zero-order valence-corrected chi connectivity index (χ0v) is 15.4. The number of nitrogens with zero attached hydrogens (tertiary/aromatic N) is 2. The first-order valence-corrected chi connectivity index (χ1v) is 8.19. The molecule has 0 radical (unpaired) electrons. The van der Waals surface area contributed by atoms with E-state index in [0.717, 1.165) is 27.5 Å². The van der Waals surface area contributed by atoms with Gasteiger partial charge in [-0.3, -0.25) is 4.98 Å². The third-order valence-electron chi connectivity index (χ3n) is 4.58. The number of hydrogen-bond donors (Lipinski definition) is 2. The molecular formula is C21H18ClN3O2. The summed E-state index contributed by atoms with van der Waals surface area (Å²) in [7, 11) is 1.78. The average molecular weight is 380 g/mol. The largest absolute Gasteiger partial charge is 0.478 e. The van der Waals surface area contributed by atoms with E-state index in [9.17, 15) is 9.90 Å². The van der Waals surface area contributed by atoms with Gasteiger partial charge < -0.3 is 15.4 Å². The summed E-state index contributed by atoms with van der Waals surface area (Å²) in [4.78, 5) is 16.1. The summed E-state index contributed by atoms with van der Waals surface area (Å²) in [5.74, 6) is -0.774. The van der Waals surface area contributed by atoms with Crippen molar-refractivity contribution in [3.05, 3.63) is 71.5 Å². The van der Waals surface area contributed by atoms with Crippen molar-refractivity contribution in [1.82, 2.24) is 9.55 Å². The zero-order chi connectivity index (χ0) is 18.3. The summed E-state index contributed by atoms with van der Waals surface area (Å²) < 4.78 is 1.73. The monoisotopic (exact) mass is 379 g/mol. The second kappa shape index (κ2) is 7.13. The lowest BCUT2D eigenvalue weighted by Gasteiger charge is -2.05. The molecule has 4 rings (SSSR count). The highest BCUT2D eigenvalue weighted by molar-refractivity contribution is 6.16. The van der Waals surface area contributed by atoms with E-state index in [-0.39, 0.29) is 23.8 Å². The Labute approximate surface area is 162 Å². The first-order valence-electron chi connectivity index (χ1n) is 8.19. The number of aromatic carboxylic acids is 1. The normalized spacial score (nSPS) is 11.1. The first kappa shape index (κ1) is 18.5. The lowest BCUT2D eigenvalue weighted by atomic mass is 10.1. The second-order valence-corrected chi connectivity index (χ2v) is 6.16. The molecule has 136 valence electrons. The summed E-state index contributed by atoms with van der Waals surface area (Å²) in [6.07, 6.45) is 5.73. The van der Waals surface area contributed by atoms with Crippen molar-refractivity contribution in [2.24, 2.45) is 7.05 Å². The predicted octanol–water partition coefficient (Wildman–Crippen LogP) is 4.60. The molecule has 0 saturated carbocycles. The number of aromatic nitrogens is 2. The number of carbonyl (C=O) groups is 1. The maximum atomic E-state index is 11.6. The minimum Gasteiger partial charge on any atom is -0.478 e. The minimum atomic E-state index is -1.02. The Balaban J connectivity index is 0.00000210. The first-order chi connectivity index (χ1) is 12.6. The van der Waals surface area contributed by atoms with Gasteiger partial charge in [-0.15, -0.1) is 12.4 Å². The summed E-state index contributed by atoms with van der Waals surface area (Å²) in [6.45, 7) is 0. The van der Waals surface area contributed by atoms with Crippen LogP contribution in [0.2, 0.25) is 0 Å². The molecule has 0 aliphatic carbocycles. The Morgan fingerprint density at radius 3 is 2.56 bits per heavy atom. The van der Waals surface area contributed by atoms with Crippen molar-refractivity contribution in [2.75, 3.05) is 5.73 Å². The number of carboxylic acid groups (broad SMARTS) is 1. The van der Waals surface area contributed by atoms with Crippen molar-refractivity contribution >= 4 is 58.0 Å². The van der Waals surface area contributed by atoms with Gasteiger partial charge in [-0.25, -0.2) is 4.79 Å². The van der Waals surface area contributed by atoms with Crippen LogP contribution in [0.15, 0.2) is 54.7 Å². The van der Waals surface area contributed by atoms with Gasteiger partial charge in [-0.2, -0.15) is 0 Å². The topological polar surface area (TPSA) is 81.1 Å². The van der Waals surface area contributed by atoms with Crippen LogP contribution in [-0.2, 0) is 7.05 Å². The predicted molar refractivity (Wildman–Crippen MR) is 112 cm³/mol. The van der Waals surface area contributed by atoms with E-state index in [0.29, 0.717) is 5.39 Å². The maximum Gasteiger partial charge on any atom is 0.340 e. The van der Waals surface area contributed by atoms with Crippen LogP contribution in [0.5, 0.6) is 0 Å². The Bertz CT molecular complexity index is 1180. The molecule has 5 nitrogen and oxygen atoms in total. The Morgan fingerprint density at radius 1 is 1.11 bits per heavy atom. The number of anilines is 1. The van der Waals surface area contributed by atoms with Gasteiger partial charge in [0.15, 0.2) is 0 Å². The quantitative estimate of drug-likeness (QED) is 0.545. The van der Waals surface area contributed by atoms with Gasteiger partial charge in [0.05, 0.1) is 11.2 Å². The SMILES string of the molecule is Cl.Cn1c(N)c(C(=O)O)c2ccc3cnc(/C=C/c4ccccc4)cc3c21. The number of aryl methyl sites for hydroxylation is 1. The molecule has 0 saturated heterocycles. The molecule has 0 amide bonds. The molecule has 4 aromatic rings. The lowest BCUT2D eigenvalue weighted by Crippen LogP contribution is -2.03. The number of carboxylic acids is 1. The van der Waals surface area contributed by atoms with Gasteiger partial charge in [0, 0.05) is 29.4 Å². The molecule has 0 spiro atoms. The molecule has 6 heteroatoms. The van der Waals surface area contributed by atoms with Crippen molar-refractivity contribution in [1.29, 1.82) is 0 Å². The van der Waals surface area contributed by atoms with Crippen LogP contribution >= 0.6 is 12.4 Å². The van der Waals surface area contributed by atoms with Gasteiger partial charge in [0.1, 0.15) is 11.4 Å². The van der Waals surface area contributed by atoms with Crippen molar-refractivity contribution in [3.8, 4) is 0 Å². The molecule has 0 atom stereocenters. The smallest absolute Gasteiger partial charge is 0.340 e. The van der Waals surface area contributed by atoms with Crippen molar-refractivity contribution in [3.63, 3.8) is 0 Å². The number of nitrogens with two attached hydrogens (primary N) is 1. The fourth-order valence-electron chi connectivity index (χ4n) is 3.27. The van der Waals surface area contributed by atoms with Crippen LogP contribution in [-0.4, -0.2) is 20.6 Å². The van der Waals surface area contributed by atoms with Crippen LogP contribution < -0.4 is 5.73 Å². The molecule has 0 aliphatic heterocycles. The van der Waals surface area contributed by atoms with Gasteiger partial charge in [0.25, 0.3) is 0 Å².